The number of rotatable bonds is 5. The van der Waals surface area contributed by atoms with Gasteiger partial charge in [0.25, 0.3) is 0 Å². The Balaban J connectivity index is 1.90. The summed E-state index contributed by atoms with van der Waals surface area (Å²) in [4.78, 5) is 26.2. The molecule has 1 atom stereocenters. The van der Waals surface area contributed by atoms with Gasteiger partial charge in [-0.2, -0.15) is 0 Å². The Hall–Kier alpha value is -2.12. The Bertz CT molecular complexity index is 1020. The Morgan fingerprint density at radius 2 is 2.10 bits per heavy atom. The van der Waals surface area contributed by atoms with Crippen molar-refractivity contribution in [3.05, 3.63) is 38.9 Å². The van der Waals surface area contributed by atoms with Gasteiger partial charge in [-0.15, -0.1) is 0 Å². The van der Waals surface area contributed by atoms with Crippen LogP contribution in [0.3, 0.4) is 0 Å². The van der Waals surface area contributed by atoms with Crippen molar-refractivity contribution in [3.8, 4) is 0 Å². The molecule has 0 bridgehead atoms. The Kier molecular flexibility index (Phi) is 5.53. The van der Waals surface area contributed by atoms with Crippen LogP contribution < -0.4 is 15.6 Å². The number of nitrogens with one attached hydrogen (secondary N) is 1. The second kappa shape index (κ2) is 7.95. The molecule has 2 N–H and O–H groups in total. The number of carbonyl (C=O) groups is 1. The molecule has 4 rings (SSSR count). The molecule has 6 nitrogen and oxygen atoms in total. The summed E-state index contributed by atoms with van der Waals surface area (Å²) in [5.41, 5.74) is -0.307. The van der Waals surface area contributed by atoms with Crippen molar-refractivity contribution in [2.75, 3.05) is 24.5 Å². The van der Waals surface area contributed by atoms with Crippen LogP contribution in [0.1, 0.15) is 55.4 Å². The number of carboxylic acid groups (broad SMARTS) is 1. The number of nitrogens with zero attached hydrogens (tertiary/aromatic N) is 2. The quantitative estimate of drug-likeness (QED) is 0.768. The van der Waals surface area contributed by atoms with E-state index in [4.69, 9.17) is 11.6 Å². The highest BCUT2D eigenvalue weighted by atomic mass is 35.5. The van der Waals surface area contributed by atoms with Gasteiger partial charge in [0, 0.05) is 31.4 Å². The monoisotopic (exact) mass is 421 g/mol. The molecule has 0 unspecified atom stereocenters. The lowest BCUT2D eigenvalue weighted by Crippen LogP contribution is -2.40. The highest BCUT2D eigenvalue weighted by Gasteiger charge is 2.31. The third kappa shape index (κ3) is 3.73. The minimum atomic E-state index is -1.31. The maximum atomic E-state index is 15.2. The van der Waals surface area contributed by atoms with E-state index in [0.29, 0.717) is 24.3 Å². The summed E-state index contributed by atoms with van der Waals surface area (Å²) < 4.78 is 17.0. The molecule has 1 saturated heterocycles. The number of aromatic nitrogens is 1. The van der Waals surface area contributed by atoms with Gasteiger partial charge in [-0.25, -0.2) is 9.18 Å². The van der Waals surface area contributed by atoms with E-state index < -0.39 is 17.2 Å². The van der Waals surface area contributed by atoms with Crippen molar-refractivity contribution < 1.29 is 14.3 Å². The van der Waals surface area contributed by atoms with Gasteiger partial charge >= 0.3 is 5.97 Å². The van der Waals surface area contributed by atoms with E-state index in [2.05, 4.69) is 5.32 Å². The zero-order valence-corrected chi connectivity index (χ0v) is 17.1. The Morgan fingerprint density at radius 1 is 1.34 bits per heavy atom. The second-order valence-corrected chi connectivity index (χ2v) is 8.31. The number of benzene rings is 1. The van der Waals surface area contributed by atoms with Gasteiger partial charge in [0.15, 0.2) is 0 Å². The average molecular weight is 422 g/mol. The van der Waals surface area contributed by atoms with E-state index in [-0.39, 0.29) is 28.1 Å². The van der Waals surface area contributed by atoms with Crippen LogP contribution in [0.4, 0.5) is 10.1 Å². The maximum absolute atomic E-state index is 15.2. The molecule has 2 fully saturated rings. The number of fused-ring (bicyclic) bond motifs is 1. The number of carboxylic acids is 1. The van der Waals surface area contributed by atoms with Gasteiger partial charge in [-0.3, -0.25) is 4.79 Å². The van der Waals surface area contributed by atoms with Gasteiger partial charge in [-0.05, 0) is 38.3 Å². The van der Waals surface area contributed by atoms with Crippen LogP contribution in [-0.2, 0) is 0 Å². The highest BCUT2D eigenvalue weighted by molar-refractivity contribution is 6.38. The number of anilines is 1. The number of likely N-dealkylation sites (N-methyl/N-ethyl adjacent to an activating group) is 1. The summed E-state index contributed by atoms with van der Waals surface area (Å²) in [5, 5.41) is 13.1. The number of hydrogen-bond donors (Lipinski definition) is 2. The number of halogens is 2. The smallest absolute Gasteiger partial charge is 0.341 e. The fraction of sp³-hybridized carbons (Fsp3) is 0.524. The molecule has 1 aliphatic heterocycles. The van der Waals surface area contributed by atoms with Crippen molar-refractivity contribution in [1.82, 2.24) is 9.88 Å². The van der Waals surface area contributed by atoms with E-state index in [1.54, 1.807) is 4.57 Å². The molecular formula is C21H25ClFN3O3. The molecule has 156 valence electrons. The summed E-state index contributed by atoms with van der Waals surface area (Å²) in [7, 11) is 0. The standard InChI is InChI=1S/C21H25ClFN3O3/c1-2-24-12-5-3-4-8-25(10-12)19-16(23)9-14-18(17(19)22)26(13-6-7-13)11-15(20(14)27)21(28)29/h9,11-13,24H,2-8,10H2,1H3,(H,28,29)/t12-/m0/s1. The van der Waals surface area contributed by atoms with Crippen molar-refractivity contribution in [2.45, 2.75) is 51.1 Å². The Labute approximate surface area is 173 Å². The summed E-state index contributed by atoms with van der Waals surface area (Å²) in [6, 6.07) is 1.50. The number of hydrogen-bond acceptors (Lipinski definition) is 4. The highest BCUT2D eigenvalue weighted by Crippen LogP contribution is 2.42. The van der Waals surface area contributed by atoms with E-state index in [1.807, 2.05) is 11.8 Å². The second-order valence-electron chi connectivity index (χ2n) is 7.93. The zero-order chi connectivity index (χ0) is 20.7. The lowest BCUT2D eigenvalue weighted by atomic mass is 10.1. The first-order valence-electron chi connectivity index (χ1n) is 10.2. The van der Waals surface area contributed by atoms with Crippen molar-refractivity contribution >= 4 is 34.2 Å². The Morgan fingerprint density at radius 3 is 2.76 bits per heavy atom. The molecule has 29 heavy (non-hydrogen) atoms. The van der Waals surface area contributed by atoms with Crippen molar-refractivity contribution in [1.29, 1.82) is 0 Å². The molecule has 2 aliphatic rings. The minimum absolute atomic E-state index is 0.0288. The summed E-state index contributed by atoms with van der Waals surface area (Å²) in [6.45, 7) is 4.21. The van der Waals surface area contributed by atoms with E-state index in [9.17, 15) is 14.7 Å². The van der Waals surface area contributed by atoms with Gasteiger partial charge in [0.05, 0.1) is 21.6 Å². The molecule has 2 heterocycles. The minimum Gasteiger partial charge on any atom is -0.477 e. The van der Waals surface area contributed by atoms with E-state index in [1.165, 1.54) is 6.20 Å². The molecule has 0 spiro atoms. The zero-order valence-electron chi connectivity index (χ0n) is 16.4. The molecule has 1 aromatic heterocycles. The lowest BCUT2D eigenvalue weighted by molar-refractivity contribution is 0.0695. The van der Waals surface area contributed by atoms with Crippen molar-refractivity contribution in [2.24, 2.45) is 0 Å². The van der Waals surface area contributed by atoms with Crippen LogP contribution in [0.15, 0.2) is 17.1 Å². The third-order valence-corrected chi connectivity index (χ3v) is 6.19. The molecule has 0 amide bonds. The molecule has 8 heteroatoms. The van der Waals surface area contributed by atoms with E-state index in [0.717, 1.165) is 44.7 Å². The van der Waals surface area contributed by atoms with Crippen LogP contribution in [0.5, 0.6) is 0 Å². The van der Waals surface area contributed by atoms with Crippen LogP contribution >= 0.6 is 11.6 Å². The fourth-order valence-electron chi connectivity index (χ4n) is 4.31. The number of aromatic carboxylic acids is 1. The summed E-state index contributed by atoms with van der Waals surface area (Å²) in [6.07, 6.45) is 6.13. The van der Waals surface area contributed by atoms with Crippen LogP contribution in [-0.4, -0.2) is 41.3 Å². The van der Waals surface area contributed by atoms with E-state index >= 15 is 4.39 Å². The maximum Gasteiger partial charge on any atom is 0.341 e. The fourth-order valence-corrected chi connectivity index (χ4v) is 4.72. The van der Waals surface area contributed by atoms with Crippen LogP contribution in [0.25, 0.3) is 10.9 Å². The summed E-state index contributed by atoms with van der Waals surface area (Å²) >= 11 is 6.73. The molecule has 2 aromatic rings. The molecule has 0 radical (unpaired) electrons. The van der Waals surface area contributed by atoms with Gasteiger partial charge in [-0.1, -0.05) is 24.9 Å². The number of pyridine rings is 1. The van der Waals surface area contributed by atoms with Crippen LogP contribution in [0, 0.1) is 5.82 Å². The molecule has 1 saturated carbocycles. The van der Waals surface area contributed by atoms with Gasteiger partial charge in [0.1, 0.15) is 11.4 Å². The normalized spacial score (nSPS) is 20.1. The first-order chi connectivity index (χ1) is 13.9. The molecule has 1 aromatic carbocycles. The predicted octanol–water partition coefficient (Wildman–Crippen LogP) is 3.80. The topological polar surface area (TPSA) is 74.6 Å². The molecule has 1 aliphatic carbocycles. The first-order valence-corrected chi connectivity index (χ1v) is 10.6. The SMILES string of the molecule is CCN[C@H]1CCCCN(c2c(F)cc3c(=O)c(C(=O)O)cn(C4CC4)c3c2Cl)C1. The summed E-state index contributed by atoms with van der Waals surface area (Å²) in [5.74, 6) is -1.89. The van der Waals surface area contributed by atoms with Gasteiger partial charge < -0.3 is 19.9 Å². The van der Waals surface area contributed by atoms with Gasteiger partial charge in [0.2, 0.25) is 5.43 Å². The van der Waals surface area contributed by atoms with Crippen molar-refractivity contribution in [3.63, 3.8) is 0 Å². The average Bonchev–Trinajstić information content (AvgIpc) is 3.51. The predicted molar refractivity (Wildman–Crippen MR) is 112 cm³/mol. The lowest BCUT2D eigenvalue weighted by Gasteiger charge is -2.29. The van der Waals surface area contributed by atoms with Crippen LogP contribution in [0.2, 0.25) is 5.02 Å². The molecular weight excluding hydrogens is 397 g/mol. The third-order valence-electron chi connectivity index (χ3n) is 5.83. The largest absolute Gasteiger partial charge is 0.477 e. The first kappa shape index (κ1) is 20.2.